The van der Waals surface area contributed by atoms with Crippen LogP contribution in [0.5, 0.6) is 0 Å². The second kappa shape index (κ2) is 6.39. The first-order valence-electron chi connectivity index (χ1n) is 7.46. The third-order valence-corrected chi connectivity index (χ3v) is 7.03. The van der Waals surface area contributed by atoms with E-state index in [9.17, 15) is 14.7 Å². The third-order valence-electron chi connectivity index (χ3n) is 4.23. The van der Waals surface area contributed by atoms with Gasteiger partial charge in [-0.3, -0.25) is 9.69 Å². The first-order valence-corrected chi connectivity index (χ1v) is 9.38. The Labute approximate surface area is 152 Å². The Kier molecular flexibility index (Phi) is 4.56. The van der Waals surface area contributed by atoms with Crippen molar-refractivity contribution in [2.45, 2.75) is 28.7 Å². The molecule has 1 saturated heterocycles. The summed E-state index contributed by atoms with van der Waals surface area (Å²) < 4.78 is 1.75. The SMILES string of the molecule is Cc1c(N)nc(SCC2C=C(C(=O)O)N3C(=O)C(N)[C@H]3S2)[n+](C)c1N. The van der Waals surface area contributed by atoms with Crippen molar-refractivity contribution in [3.8, 4) is 0 Å². The van der Waals surface area contributed by atoms with Crippen molar-refractivity contribution in [2.24, 2.45) is 12.8 Å². The van der Waals surface area contributed by atoms with Crippen molar-refractivity contribution in [3.63, 3.8) is 0 Å². The number of hydrogen-bond donors (Lipinski definition) is 4. The average Bonchev–Trinajstić information content (AvgIpc) is 2.60. The van der Waals surface area contributed by atoms with Crippen LogP contribution in [0.4, 0.5) is 11.6 Å². The van der Waals surface area contributed by atoms with E-state index in [0.29, 0.717) is 22.5 Å². The summed E-state index contributed by atoms with van der Waals surface area (Å²) in [5.74, 6) is -0.0348. The van der Waals surface area contributed by atoms with Crippen LogP contribution >= 0.6 is 23.5 Å². The maximum atomic E-state index is 11.8. The second-order valence-corrected chi connectivity index (χ2v) is 8.16. The van der Waals surface area contributed by atoms with Crippen molar-refractivity contribution in [2.75, 3.05) is 17.2 Å². The molecule has 134 valence electrons. The van der Waals surface area contributed by atoms with Crippen LogP contribution in [0, 0.1) is 6.92 Å². The van der Waals surface area contributed by atoms with Crippen LogP contribution in [-0.2, 0) is 16.6 Å². The molecule has 1 aromatic rings. The number of nitrogen functional groups attached to an aromatic ring is 2. The van der Waals surface area contributed by atoms with Crippen LogP contribution in [-0.4, -0.2) is 49.3 Å². The normalized spacial score (nSPS) is 25.2. The molecule has 1 aromatic heterocycles. The summed E-state index contributed by atoms with van der Waals surface area (Å²) in [6, 6.07) is -0.666. The molecule has 0 aromatic carbocycles. The Morgan fingerprint density at radius 3 is 2.84 bits per heavy atom. The molecule has 2 aliphatic heterocycles. The van der Waals surface area contributed by atoms with E-state index in [1.54, 1.807) is 24.6 Å². The van der Waals surface area contributed by atoms with Crippen LogP contribution in [0.15, 0.2) is 16.9 Å². The molecular weight excluding hydrogens is 364 g/mol. The number of nitrogens with two attached hydrogens (primary N) is 3. The quantitative estimate of drug-likeness (QED) is 0.223. The van der Waals surface area contributed by atoms with Gasteiger partial charge in [-0.05, 0) is 13.0 Å². The lowest BCUT2D eigenvalue weighted by molar-refractivity contribution is -0.699. The maximum Gasteiger partial charge on any atom is 0.352 e. The number of aliphatic carboxylic acids is 1. The standard InChI is InChI=1S/C14H18N6O3S2/c1-5-9(16)18-14(19(2)10(5)17)24-4-6-3-7(13(22)23)20-11(21)8(15)12(20)25-6/h3,6,8,12H,4,15H2,1-2H3,(H4,16,17,22,23)/p+1/t6?,8?,12-/m1/s1. The molecule has 1 fully saturated rings. The monoisotopic (exact) mass is 383 g/mol. The van der Waals surface area contributed by atoms with Gasteiger partial charge in [-0.1, -0.05) is 16.7 Å². The van der Waals surface area contributed by atoms with Gasteiger partial charge in [0.15, 0.2) is 0 Å². The Hall–Kier alpha value is -1.98. The molecule has 3 heterocycles. The average molecular weight is 383 g/mol. The molecule has 3 atom stereocenters. The summed E-state index contributed by atoms with van der Waals surface area (Å²) in [6.07, 6.45) is 1.58. The van der Waals surface area contributed by atoms with Crippen molar-refractivity contribution in [1.29, 1.82) is 0 Å². The molecule has 2 unspecified atom stereocenters. The Bertz CT molecular complexity index is 799. The molecule has 0 aliphatic carbocycles. The smallest absolute Gasteiger partial charge is 0.352 e. The number of anilines is 2. The molecule has 0 radical (unpaired) electrons. The van der Waals surface area contributed by atoms with Gasteiger partial charge < -0.3 is 22.3 Å². The van der Waals surface area contributed by atoms with Crippen molar-refractivity contribution in [3.05, 3.63) is 17.3 Å². The third kappa shape index (κ3) is 2.92. The number of rotatable bonds is 4. The van der Waals surface area contributed by atoms with Gasteiger partial charge in [0.2, 0.25) is 17.5 Å². The molecule has 2 aliphatic rings. The largest absolute Gasteiger partial charge is 0.477 e. The molecule has 1 amide bonds. The highest BCUT2D eigenvalue weighted by Crippen LogP contribution is 2.41. The fourth-order valence-corrected chi connectivity index (χ4v) is 5.23. The summed E-state index contributed by atoms with van der Waals surface area (Å²) >= 11 is 2.89. The van der Waals surface area contributed by atoms with Gasteiger partial charge >= 0.3 is 11.1 Å². The molecule has 0 saturated carbocycles. The minimum Gasteiger partial charge on any atom is -0.477 e. The van der Waals surface area contributed by atoms with E-state index in [1.807, 2.05) is 0 Å². The fourth-order valence-electron chi connectivity index (χ4n) is 2.66. The summed E-state index contributed by atoms with van der Waals surface area (Å²) in [5, 5.41) is 9.52. The molecule has 9 nitrogen and oxygen atoms in total. The van der Waals surface area contributed by atoms with Crippen LogP contribution in [0.25, 0.3) is 0 Å². The van der Waals surface area contributed by atoms with E-state index >= 15 is 0 Å². The number of nitrogens with zero attached hydrogens (tertiary/aromatic N) is 3. The summed E-state index contributed by atoms with van der Waals surface area (Å²) in [6.45, 7) is 1.80. The lowest BCUT2D eigenvalue weighted by Crippen LogP contribution is -2.68. The number of thioether (sulfide) groups is 2. The number of carboxylic acid groups (broad SMARTS) is 1. The highest BCUT2D eigenvalue weighted by Gasteiger charge is 2.51. The van der Waals surface area contributed by atoms with Gasteiger partial charge in [0.05, 0.1) is 12.6 Å². The number of carbonyl (C=O) groups excluding carboxylic acids is 1. The van der Waals surface area contributed by atoms with Crippen molar-refractivity contribution >= 4 is 47.0 Å². The number of amides is 1. The predicted octanol–water partition coefficient (Wildman–Crippen LogP) is -0.949. The van der Waals surface area contributed by atoms with E-state index in [0.717, 1.165) is 5.56 Å². The molecule has 0 bridgehead atoms. The summed E-state index contributed by atoms with van der Waals surface area (Å²) in [5.41, 5.74) is 18.4. The van der Waals surface area contributed by atoms with E-state index in [2.05, 4.69) is 4.98 Å². The number of carboxylic acids is 1. The summed E-state index contributed by atoms with van der Waals surface area (Å²) in [4.78, 5) is 28.8. The van der Waals surface area contributed by atoms with E-state index in [1.165, 1.54) is 28.4 Å². The molecule has 25 heavy (non-hydrogen) atoms. The highest BCUT2D eigenvalue weighted by atomic mass is 32.2. The second-order valence-electron chi connectivity index (χ2n) is 5.82. The zero-order valence-electron chi connectivity index (χ0n) is 13.7. The van der Waals surface area contributed by atoms with Gasteiger partial charge in [0.25, 0.3) is 0 Å². The molecule has 11 heteroatoms. The van der Waals surface area contributed by atoms with E-state index < -0.39 is 12.0 Å². The van der Waals surface area contributed by atoms with Crippen LogP contribution in [0.3, 0.4) is 0 Å². The van der Waals surface area contributed by atoms with Crippen molar-refractivity contribution < 1.29 is 19.3 Å². The van der Waals surface area contributed by atoms with Gasteiger partial charge in [-0.2, -0.15) is 0 Å². The first kappa shape index (κ1) is 17.8. The number of carbonyl (C=O) groups is 2. The number of aromatic nitrogens is 2. The zero-order chi connectivity index (χ0) is 18.5. The minimum absolute atomic E-state index is 0.0127. The van der Waals surface area contributed by atoms with E-state index in [4.69, 9.17) is 17.2 Å². The topological polar surface area (TPSA) is 152 Å². The Morgan fingerprint density at radius 2 is 2.20 bits per heavy atom. The molecular formula is C14H19N6O3S2+. The van der Waals surface area contributed by atoms with Crippen LogP contribution in [0.1, 0.15) is 5.56 Å². The van der Waals surface area contributed by atoms with Crippen molar-refractivity contribution in [1.82, 2.24) is 9.88 Å². The van der Waals surface area contributed by atoms with Gasteiger partial charge in [-0.15, -0.1) is 11.8 Å². The summed E-state index contributed by atoms with van der Waals surface area (Å²) in [7, 11) is 1.80. The minimum atomic E-state index is -1.13. The highest BCUT2D eigenvalue weighted by molar-refractivity contribution is 8.03. The Morgan fingerprint density at radius 1 is 1.52 bits per heavy atom. The number of fused-ring (bicyclic) bond motifs is 1. The number of hydrogen-bond acceptors (Lipinski definition) is 8. The van der Waals surface area contributed by atoms with Crippen LogP contribution in [0.2, 0.25) is 0 Å². The fraction of sp³-hybridized carbons (Fsp3) is 0.429. The van der Waals surface area contributed by atoms with Gasteiger partial charge in [-0.25, -0.2) is 9.36 Å². The zero-order valence-corrected chi connectivity index (χ0v) is 15.3. The molecule has 7 N–H and O–H groups in total. The molecule has 3 rings (SSSR count). The van der Waals surface area contributed by atoms with Gasteiger partial charge in [0, 0.05) is 11.0 Å². The Balaban J connectivity index is 1.79. The predicted molar refractivity (Wildman–Crippen MR) is 95.4 cm³/mol. The first-order chi connectivity index (χ1) is 11.7. The lowest BCUT2D eigenvalue weighted by Gasteiger charge is -2.48. The van der Waals surface area contributed by atoms with Crippen LogP contribution < -0.4 is 21.8 Å². The van der Waals surface area contributed by atoms with Gasteiger partial charge in [0.1, 0.15) is 17.1 Å². The number of β-lactam (4-membered cyclic amide) rings is 1. The van der Waals surface area contributed by atoms with E-state index in [-0.39, 0.29) is 22.2 Å². The molecule has 0 spiro atoms. The lowest BCUT2D eigenvalue weighted by atomic mass is 10.1. The maximum absolute atomic E-state index is 11.8.